The Bertz CT molecular complexity index is 409. The Hall–Kier alpha value is -0.633. The average Bonchev–Trinajstić information content (AvgIpc) is 2.65. The van der Waals surface area contributed by atoms with Crippen LogP contribution >= 0.6 is 0 Å². The van der Waals surface area contributed by atoms with E-state index in [4.69, 9.17) is 13.9 Å². The van der Waals surface area contributed by atoms with Gasteiger partial charge in [0.25, 0.3) is 0 Å². The van der Waals surface area contributed by atoms with Gasteiger partial charge >= 0.3 is 6.09 Å². The van der Waals surface area contributed by atoms with Gasteiger partial charge in [-0.3, -0.25) is 0 Å². The first-order chi connectivity index (χ1) is 9.58. The minimum Gasteiger partial charge on any atom is -0.441 e. The zero-order chi connectivity index (χ0) is 16.0. The van der Waals surface area contributed by atoms with E-state index in [1.54, 1.807) is 11.9 Å². The summed E-state index contributed by atoms with van der Waals surface area (Å²) in [5, 5.41) is 9.47. The van der Waals surface area contributed by atoms with Gasteiger partial charge in [-0.15, -0.1) is 0 Å². The van der Waals surface area contributed by atoms with E-state index in [-0.39, 0.29) is 29.9 Å². The van der Waals surface area contributed by atoms with Crippen molar-refractivity contribution in [2.45, 2.75) is 63.3 Å². The Labute approximate surface area is 127 Å². The Morgan fingerprint density at radius 3 is 2.57 bits per heavy atom. The van der Waals surface area contributed by atoms with E-state index in [2.05, 4.69) is 33.9 Å². The first kappa shape index (κ1) is 16.7. The van der Waals surface area contributed by atoms with Crippen molar-refractivity contribution in [2.24, 2.45) is 0 Å². The third-order valence-corrected chi connectivity index (χ3v) is 9.47. The molecule has 21 heavy (non-hydrogen) atoms. The van der Waals surface area contributed by atoms with Gasteiger partial charge in [0, 0.05) is 7.05 Å². The normalized spacial score (nSPS) is 33.9. The molecule has 0 radical (unpaired) electrons. The summed E-state index contributed by atoms with van der Waals surface area (Å²) in [6.45, 7) is 11.1. The van der Waals surface area contributed by atoms with Gasteiger partial charge in [-0.2, -0.15) is 0 Å². The van der Waals surface area contributed by atoms with E-state index in [0.29, 0.717) is 6.61 Å². The van der Waals surface area contributed by atoms with Crippen LogP contribution in [0, 0.1) is 0 Å². The van der Waals surface area contributed by atoms with Crippen LogP contribution in [0.25, 0.3) is 0 Å². The highest BCUT2D eigenvalue weighted by Crippen LogP contribution is 2.40. The second kappa shape index (κ2) is 5.53. The maximum absolute atomic E-state index is 11.8. The van der Waals surface area contributed by atoms with Crippen LogP contribution < -0.4 is 0 Å². The third kappa shape index (κ3) is 2.97. The van der Waals surface area contributed by atoms with E-state index in [1.165, 1.54) is 0 Å². The molecule has 2 aliphatic heterocycles. The van der Waals surface area contributed by atoms with E-state index in [1.807, 2.05) is 0 Å². The molecule has 0 saturated carbocycles. The van der Waals surface area contributed by atoms with Gasteiger partial charge in [-0.1, -0.05) is 20.8 Å². The zero-order valence-corrected chi connectivity index (χ0v) is 14.8. The molecule has 2 fully saturated rings. The molecule has 2 aliphatic rings. The van der Waals surface area contributed by atoms with Crippen LogP contribution in [0.15, 0.2) is 0 Å². The molecule has 1 N–H and O–H groups in total. The molecular formula is C14H27NO5Si. The number of likely N-dealkylation sites (N-methyl/N-ethyl adjacent to an activating group) is 1. The lowest BCUT2D eigenvalue weighted by atomic mass is 9.97. The molecule has 2 rings (SSSR count). The Morgan fingerprint density at radius 2 is 2.05 bits per heavy atom. The van der Waals surface area contributed by atoms with Crippen LogP contribution in [0.4, 0.5) is 4.79 Å². The Morgan fingerprint density at radius 1 is 1.43 bits per heavy atom. The van der Waals surface area contributed by atoms with Crippen molar-refractivity contribution >= 4 is 14.4 Å². The SMILES string of the molecule is CN1C(=O)O[C@@H]2[C@H]1[C@H](O[Si](C)(C)C(C)(C)C)CO[C@@H]2CO. The van der Waals surface area contributed by atoms with Gasteiger partial charge in [0.1, 0.15) is 12.1 Å². The number of ether oxygens (including phenoxy) is 2. The highest BCUT2D eigenvalue weighted by atomic mass is 28.4. The molecule has 122 valence electrons. The van der Waals surface area contributed by atoms with Gasteiger partial charge in [0.05, 0.1) is 19.3 Å². The number of hydrogen-bond donors (Lipinski definition) is 1. The number of aliphatic hydroxyl groups excluding tert-OH is 1. The topological polar surface area (TPSA) is 68.2 Å². The van der Waals surface area contributed by atoms with E-state index in [0.717, 1.165) is 0 Å². The maximum atomic E-state index is 11.8. The third-order valence-electron chi connectivity index (χ3n) is 4.96. The summed E-state index contributed by atoms with van der Waals surface area (Å²) in [4.78, 5) is 13.4. The number of nitrogens with zero attached hydrogens (tertiary/aromatic N) is 1. The molecule has 0 aromatic rings. The van der Waals surface area contributed by atoms with Crippen molar-refractivity contribution in [3.63, 3.8) is 0 Å². The van der Waals surface area contributed by atoms with Crippen molar-refractivity contribution in [1.29, 1.82) is 0 Å². The first-order valence-electron chi connectivity index (χ1n) is 7.42. The van der Waals surface area contributed by atoms with Crippen molar-refractivity contribution < 1.29 is 23.8 Å². The highest BCUT2D eigenvalue weighted by Gasteiger charge is 2.54. The van der Waals surface area contributed by atoms with Crippen molar-refractivity contribution in [2.75, 3.05) is 20.3 Å². The second-order valence-corrected chi connectivity index (χ2v) is 12.2. The molecule has 2 saturated heterocycles. The first-order valence-corrected chi connectivity index (χ1v) is 10.3. The van der Waals surface area contributed by atoms with Gasteiger partial charge in [0.15, 0.2) is 14.4 Å². The van der Waals surface area contributed by atoms with E-state index in [9.17, 15) is 9.90 Å². The second-order valence-electron chi connectivity index (χ2n) is 7.42. The smallest absolute Gasteiger partial charge is 0.410 e. The summed E-state index contributed by atoms with van der Waals surface area (Å²) >= 11 is 0. The molecule has 0 aromatic carbocycles. The molecule has 2 heterocycles. The summed E-state index contributed by atoms with van der Waals surface area (Å²) in [5.41, 5.74) is 0. The summed E-state index contributed by atoms with van der Waals surface area (Å²) < 4.78 is 17.4. The fourth-order valence-corrected chi connectivity index (χ4v) is 3.91. The lowest BCUT2D eigenvalue weighted by Gasteiger charge is -2.45. The average molecular weight is 317 g/mol. The molecule has 6 nitrogen and oxygen atoms in total. The van der Waals surface area contributed by atoms with Crippen LogP contribution in [0.5, 0.6) is 0 Å². The van der Waals surface area contributed by atoms with Gasteiger partial charge < -0.3 is 23.9 Å². The molecule has 7 heteroatoms. The van der Waals surface area contributed by atoms with E-state index < -0.39 is 20.5 Å². The zero-order valence-electron chi connectivity index (χ0n) is 13.8. The summed E-state index contributed by atoms with van der Waals surface area (Å²) in [5.74, 6) is 0. The minimum absolute atomic E-state index is 0.0817. The maximum Gasteiger partial charge on any atom is 0.410 e. The fourth-order valence-electron chi connectivity index (χ4n) is 2.60. The van der Waals surface area contributed by atoms with Crippen molar-refractivity contribution in [3.05, 3.63) is 0 Å². The van der Waals surface area contributed by atoms with Crippen LogP contribution in [0.2, 0.25) is 18.1 Å². The van der Waals surface area contributed by atoms with Crippen LogP contribution in [-0.4, -0.2) is 69.0 Å². The fraction of sp³-hybridized carbons (Fsp3) is 0.929. The summed E-state index contributed by atoms with van der Waals surface area (Å²) in [7, 11) is -0.255. The number of amides is 1. The predicted octanol–water partition coefficient (Wildman–Crippen LogP) is 1.59. The molecule has 4 atom stereocenters. The molecule has 0 aliphatic carbocycles. The van der Waals surface area contributed by atoms with Crippen LogP contribution in [0.3, 0.4) is 0 Å². The van der Waals surface area contributed by atoms with Gasteiger partial charge in [-0.05, 0) is 18.1 Å². The lowest BCUT2D eigenvalue weighted by molar-refractivity contribution is -0.137. The van der Waals surface area contributed by atoms with Crippen molar-refractivity contribution in [3.8, 4) is 0 Å². The van der Waals surface area contributed by atoms with Crippen molar-refractivity contribution in [1.82, 2.24) is 4.90 Å². The lowest BCUT2D eigenvalue weighted by Crippen LogP contribution is -2.60. The Kier molecular flexibility index (Phi) is 4.41. The summed E-state index contributed by atoms with van der Waals surface area (Å²) in [6.07, 6.45) is -1.52. The molecular weight excluding hydrogens is 290 g/mol. The molecule has 0 aromatic heterocycles. The number of aliphatic hydroxyl groups is 1. The van der Waals surface area contributed by atoms with Gasteiger partial charge in [0.2, 0.25) is 0 Å². The molecule has 0 spiro atoms. The number of rotatable bonds is 3. The van der Waals surface area contributed by atoms with Crippen LogP contribution in [-0.2, 0) is 13.9 Å². The summed E-state index contributed by atoms with van der Waals surface area (Å²) in [6, 6.07) is -0.197. The quantitative estimate of drug-likeness (QED) is 0.801. The highest BCUT2D eigenvalue weighted by molar-refractivity contribution is 6.74. The number of fused-ring (bicyclic) bond motifs is 1. The number of carbonyl (C=O) groups excluding carboxylic acids is 1. The largest absolute Gasteiger partial charge is 0.441 e. The predicted molar refractivity (Wildman–Crippen MR) is 80.7 cm³/mol. The molecule has 1 amide bonds. The molecule has 0 unspecified atom stereocenters. The van der Waals surface area contributed by atoms with Gasteiger partial charge in [-0.25, -0.2) is 4.79 Å². The van der Waals surface area contributed by atoms with E-state index >= 15 is 0 Å². The molecule has 0 bridgehead atoms. The monoisotopic (exact) mass is 317 g/mol. The van der Waals surface area contributed by atoms with Crippen LogP contribution in [0.1, 0.15) is 20.8 Å². The number of carbonyl (C=O) groups is 1. The number of hydrogen-bond acceptors (Lipinski definition) is 5. The minimum atomic E-state index is -1.97. The standard InChI is InChI=1S/C14H27NO5Si/c1-14(2,3)21(5,6)20-10-8-18-9(7-16)12-11(10)15(4)13(17)19-12/h9-12,16H,7-8H2,1-6H3/t9-,10-,11-,12+/m1/s1. The Balaban J connectivity index is 2.19.